The van der Waals surface area contributed by atoms with E-state index in [1.165, 1.54) is 171 Å². The molecule has 0 fully saturated rings. The molecular weight excluding hydrogens is 1110 g/mol. The van der Waals surface area contributed by atoms with Crippen LogP contribution in [-0.2, 0) is 27.1 Å². The van der Waals surface area contributed by atoms with Gasteiger partial charge in [0.15, 0.2) is 0 Å². The fourth-order valence-corrected chi connectivity index (χ4v) is 18.1. The molecular formula is C89H69BN2. The van der Waals surface area contributed by atoms with Crippen LogP contribution in [0.4, 0.5) is 0 Å². The summed E-state index contributed by atoms with van der Waals surface area (Å²) in [4.78, 5) is 0. The standard InChI is InChI=1S/C89H69BN2/c1-85(2,55-30-13-9-14-31-55)59-44-45-78-67(46-59)68-48-61(87(5,6)57-34-17-11-18-35-57)51-76-81(68)91(78)83-71(64-41-27-29-54-28-21-22-38-63(54)64)53-75-84-79(83)90(76)77-52-62(88(7,8)58-36-19-12-20-37-58)49-70-69-47-60(86(3,4)56-32-15-10-16-33-56)50-74(80(69)92(84)82(70)77)89(75)72-42-25-23-39-65(72)66-40-24-26-43-73(66)89/h9-53H,1-8H3. The van der Waals surface area contributed by atoms with Crippen LogP contribution in [0.2, 0.25) is 0 Å². The highest BCUT2D eigenvalue weighted by Crippen LogP contribution is 2.63. The minimum atomic E-state index is -0.736. The molecule has 0 unspecified atom stereocenters. The molecule has 92 heavy (non-hydrogen) atoms. The second-order valence-corrected chi connectivity index (χ2v) is 29.1. The van der Waals surface area contributed by atoms with E-state index in [-0.39, 0.29) is 28.4 Å². The summed E-state index contributed by atoms with van der Waals surface area (Å²) in [5.74, 6) is 0. The molecule has 438 valence electrons. The lowest BCUT2D eigenvalue weighted by Gasteiger charge is -2.45. The topological polar surface area (TPSA) is 9.86 Å². The lowest BCUT2D eigenvalue weighted by Crippen LogP contribution is -2.61. The van der Waals surface area contributed by atoms with Gasteiger partial charge >= 0.3 is 0 Å². The van der Waals surface area contributed by atoms with E-state index >= 15 is 0 Å². The summed E-state index contributed by atoms with van der Waals surface area (Å²) >= 11 is 0. The highest BCUT2D eigenvalue weighted by atomic mass is 15.1. The number of fused-ring (bicyclic) bond motifs is 15. The van der Waals surface area contributed by atoms with Crippen molar-refractivity contribution in [3.63, 3.8) is 0 Å². The summed E-state index contributed by atoms with van der Waals surface area (Å²) in [7, 11) is 0. The molecule has 0 saturated heterocycles. The number of benzene rings is 13. The summed E-state index contributed by atoms with van der Waals surface area (Å²) in [5, 5.41) is 7.68. The maximum atomic E-state index is 2.83. The highest BCUT2D eigenvalue weighted by Gasteiger charge is 2.56. The molecule has 19 rings (SSSR count). The highest BCUT2D eigenvalue weighted by molar-refractivity contribution is 7.00. The van der Waals surface area contributed by atoms with Gasteiger partial charge < -0.3 is 9.13 Å². The summed E-state index contributed by atoms with van der Waals surface area (Å²) in [6, 6.07) is 106. The summed E-state index contributed by atoms with van der Waals surface area (Å²) in [6.45, 7) is 19.3. The van der Waals surface area contributed by atoms with Crippen molar-refractivity contribution < 1.29 is 0 Å². The van der Waals surface area contributed by atoms with Crippen LogP contribution in [0.3, 0.4) is 0 Å². The van der Waals surface area contributed by atoms with Crippen LogP contribution in [0.25, 0.3) is 88.0 Å². The van der Waals surface area contributed by atoms with E-state index in [1.807, 2.05) is 0 Å². The van der Waals surface area contributed by atoms with Crippen molar-refractivity contribution in [1.29, 1.82) is 0 Å². The van der Waals surface area contributed by atoms with Gasteiger partial charge in [0.05, 0.1) is 22.1 Å². The number of nitrogens with zero attached hydrogens (tertiary/aromatic N) is 2. The molecule has 0 atom stereocenters. The first-order valence-corrected chi connectivity index (χ1v) is 33.1. The Kier molecular flexibility index (Phi) is 10.8. The number of hydrogen-bond donors (Lipinski definition) is 0. The quantitative estimate of drug-likeness (QED) is 0.128. The van der Waals surface area contributed by atoms with E-state index in [9.17, 15) is 0 Å². The molecule has 0 N–H and O–H groups in total. The predicted molar refractivity (Wildman–Crippen MR) is 388 cm³/mol. The van der Waals surface area contributed by atoms with Gasteiger partial charge in [-0.2, -0.15) is 0 Å². The predicted octanol–water partition coefficient (Wildman–Crippen LogP) is 19.8. The first kappa shape index (κ1) is 53.6. The van der Waals surface area contributed by atoms with Crippen molar-refractivity contribution >= 4 is 77.5 Å². The molecule has 3 heteroatoms. The van der Waals surface area contributed by atoms with Gasteiger partial charge in [-0.15, -0.1) is 0 Å². The Balaban J connectivity index is 1.07. The Morgan fingerprint density at radius 3 is 1.25 bits per heavy atom. The molecule has 0 saturated carbocycles. The average Bonchev–Trinajstić information content (AvgIpc) is 1.39. The lowest BCUT2D eigenvalue weighted by atomic mass is 9.33. The molecule has 5 heterocycles. The zero-order valence-electron chi connectivity index (χ0n) is 53.5. The molecule has 4 aliphatic rings. The largest absolute Gasteiger partial charge is 0.310 e. The molecule has 2 aromatic heterocycles. The second kappa shape index (κ2) is 18.5. The Hall–Kier alpha value is -10.2. The maximum absolute atomic E-state index is 2.83. The molecule has 0 radical (unpaired) electrons. The van der Waals surface area contributed by atoms with Crippen molar-refractivity contribution in [1.82, 2.24) is 9.13 Å². The number of aromatic nitrogens is 2. The molecule has 0 bridgehead atoms. The Labute approximate surface area is 539 Å². The third kappa shape index (κ3) is 6.80. The molecule has 0 amide bonds. The molecule has 15 aromatic rings. The van der Waals surface area contributed by atoms with Crippen LogP contribution in [-0.4, -0.2) is 15.8 Å². The Morgan fingerprint density at radius 2 is 0.696 bits per heavy atom. The minimum Gasteiger partial charge on any atom is -0.310 e. The van der Waals surface area contributed by atoms with Crippen LogP contribution < -0.4 is 16.4 Å². The first-order chi connectivity index (χ1) is 44.7. The monoisotopic (exact) mass is 1180 g/mol. The first-order valence-electron chi connectivity index (χ1n) is 33.1. The van der Waals surface area contributed by atoms with Gasteiger partial charge in [0, 0.05) is 65.5 Å². The van der Waals surface area contributed by atoms with E-state index in [4.69, 9.17) is 0 Å². The minimum absolute atomic E-state index is 0.184. The van der Waals surface area contributed by atoms with Gasteiger partial charge in [-0.1, -0.05) is 292 Å². The average molecular weight is 1180 g/mol. The van der Waals surface area contributed by atoms with Crippen molar-refractivity contribution in [3.8, 4) is 33.6 Å². The maximum Gasteiger partial charge on any atom is 0.252 e. The lowest BCUT2D eigenvalue weighted by molar-refractivity contribution is 0.637. The van der Waals surface area contributed by atoms with Crippen molar-refractivity contribution in [2.45, 2.75) is 82.5 Å². The van der Waals surface area contributed by atoms with Crippen LogP contribution in [0.15, 0.2) is 273 Å². The van der Waals surface area contributed by atoms with Gasteiger partial charge in [0.25, 0.3) is 6.71 Å². The van der Waals surface area contributed by atoms with Crippen molar-refractivity contribution in [2.75, 3.05) is 0 Å². The van der Waals surface area contributed by atoms with E-state index in [0.29, 0.717) is 0 Å². The fraction of sp³-hybridized carbons (Fsp3) is 0.146. The van der Waals surface area contributed by atoms with Gasteiger partial charge in [-0.3, -0.25) is 0 Å². The van der Waals surface area contributed by atoms with Gasteiger partial charge in [0.2, 0.25) is 0 Å². The zero-order valence-corrected chi connectivity index (χ0v) is 53.5. The van der Waals surface area contributed by atoms with Gasteiger partial charge in [-0.25, -0.2) is 0 Å². The molecule has 13 aromatic carbocycles. The van der Waals surface area contributed by atoms with E-state index in [2.05, 4.69) is 338 Å². The Morgan fingerprint density at radius 1 is 0.272 bits per heavy atom. The molecule has 3 aliphatic heterocycles. The van der Waals surface area contributed by atoms with Crippen LogP contribution >= 0.6 is 0 Å². The van der Waals surface area contributed by atoms with Gasteiger partial charge in [-0.05, 0) is 147 Å². The molecule has 2 nitrogen and oxygen atoms in total. The molecule has 1 aliphatic carbocycles. The van der Waals surface area contributed by atoms with E-state index in [1.54, 1.807) is 0 Å². The third-order valence-corrected chi connectivity index (χ3v) is 23.3. The summed E-state index contributed by atoms with van der Waals surface area (Å²) in [6.07, 6.45) is 0. The summed E-state index contributed by atoms with van der Waals surface area (Å²) in [5.41, 5.74) is 30.6. The molecule has 1 spiro atoms. The Bertz CT molecular complexity index is 5630. The summed E-state index contributed by atoms with van der Waals surface area (Å²) < 4.78 is 5.60. The van der Waals surface area contributed by atoms with Crippen LogP contribution in [0.5, 0.6) is 0 Å². The van der Waals surface area contributed by atoms with Gasteiger partial charge in [0.1, 0.15) is 0 Å². The SMILES string of the molecule is CC(C)(c1ccccc1)c1ccc2c(c1)c1cc(C(C)(C)c3ccccc3)cc3c1n2-c1c(-c2cccc4ccccc24)cc2c4c1B3c1cc(C(C)(C)c3ccccc3)cc3c5cc(C(C)(C)c6ccccc6)cc(c5n-4c13)C21c2ccccc2-c2ccccc21. The van der Waals surface area contributed by atoms with E-state index < -0.39 is 5.41 Å². The smallest absolute Gasteiger partial charge is 0.252 e. The van der Waals surface area contributed by atoms with Crippen molar-refractivity contribution in [3.05, 3.63) is 340 Å². The van der Waals surface area contributed by atoms with Crippen LogP contribution in [0, 0.1) is 0 Å². The van der Waals surface area contributed by atoms with Crippen molar-refractivity contribution in [2.24, 2.45) is 0 Å². The third-order valence-electron chi connectivity index (χ3n) is 23.3. The normalized spacial score (nSPS) is 14.2. The zero-order chi connectivity index (χ0) is 61.9. The number of hydrogen-bond acceptors (Lipinski definition) is 0. The van der Waals surface area contributed by atoms with E-state index in [0.717, 1.165) is 0 Å². The number of rotatable bonds is 9. The van der Waals surface area contributed by atoms with Crippen LogP contribution in [0.1, 0.15) is 122 Å². The second-order valence-electron chi connectivity index (χ2n) is 29.1. The fourth-order valence-electron chi connectivity index (χ4n) is 18.1.